The normalized spacial score (nSPS) is 17.9. The molecule has 1 aliphatic rings. The largest absolute Gasteiger partial charge is 0.430 e. The predicted molar refractivity (Wildman–Crippen MR) is 117 cm³/mol. The third-order valence-corrected chi connectivity index (χ3v) is 5.85. The molecule has 1 rings (SSSR count). The third kappa shape index (κ3) is 12.3. The molecule has 1 atom stereocenters. The van der Waals surface area contributed by atoms with Gasteiger partial charge in [-0.25, -0.2) is 0 Å². The van der Waals surface area contributed by atoms with Gasteiger partial charge in [0.2, 0.25) is 0 Å². The lowest BCUT2D eigenvalue weighted by atomic mass is 9.93. The number of carbonyl (C=O) groups is 1. The fraction of sp³-hybridized carbons (Fsp3) is 0.880. The van der Waals surface area contributed by atoms with Crippen molar-refractivity contribution in [2.45, 2.75) is 136 Å². The quantitative estimate of drug-likeness (QED) is 0.166. The van der Waals surface area contributed by atoms with Crippen LogP contribution < -0.4 is 0 Å². The van der Waals surface area contributed by atoms with Gasteiger partial charge in [-0.15, -0.1) is 0 Å². The van der Waals surface area contributed by atoms with Crippen molar-refractivity contribution in [3.63, 3.8) is 0 Å². The Morgan fingerprint density at radius 1 is 0.667 bits per heavy atom. The van der Waals surface area contributed by atoms with Crippen molar-refractivity contribution in [1.82, 2.24) is 0 Å². The molecule has 0 bridgehead atoms. The second-order valence-electron chi connectivity index (χ2n) is 8.46. The first-order valence-corrected chi connectivity index (χ1v) is 12.2. The summed E-state index contributed by atoms with van der Waals surface area (Å²) in [6.07, 6.45) is 27.1. The number of hydrogen-bond acceptors (Lipinski definition) is 2. The number of ether oxygens (including phenoxy) is 1. The number of esters is 1. The maximum absolute atomic E-state index is 11.7. The van der Waals surface area contributed by atoms with Gasteiger partial charge in [0.25, 0.3) is 0 Å². The van der Waals surface area contributed by atoms with E-state index in [4.69, 9.17) is 4.74 Å². The maximum atomic E-state index is 11.7. The Hall–Kier alpha value is -0.790. The average Bonchev–Trinajstić information content (AvgIpc) is 2.67. The Morgan fingerprint density at radius 2 is 1.11 bits per heavy atom. The van der Waals surface area contributed by atoms with Crippen LogP contribution in [-0.4, -0.2) is 5.97 Å². The molecule has 1 saturated heterocycles. The first kappa shape index (κ1) is 24.2. The van der Waals surface area contributed by atoms with E-state index in [9.17, 15) is 4.79 Å². The fourth-order valence-electron chi connectivity index (χ4n) is 3.94. The lowest BCUT2D eigenvalue weighted by molar-refractivity contribution is -0.157. The van der Waals surface area contributed by atoms with Crippen LogP contribution in [0.2, 0.25) is 0 Å². The van der Waals surface area contributed by atoms with Crippen molar-refractivity contribution in [2.24, 2.45) is 5.92 Å². The zero-order valence-electron chi connectivity index (χ0n) is 18.4. The molecule has 1 unspecified atom stereocenters. The van der Waals surface area contributed by atoms with Crippen molar-refractivity contribution in [1.29, 1.82) is 0 Å². The van der Waals surface area contributed by atoms with Gasteiger partial charge in [0, 0.05) is 0 Å². The zero-order chi connectivity index (χ0) is 19.6. The summed E-state index contributed by atoms with van der Waals surface area (Å²) in [5, 5.41) is 0. The number of rotatable bonds is 19. The van der Waals surface area contributed by atoms with Crippen molar-refractivity contribution in [2.75, 3.05) is 0 Å². The Balaban J connectivity index is 1.96. The van der Waals surface area contributed by atoms with E-state index in [2.05, 4.69) is 19.9 Å². The maximum Gasteiger partial charge on any atom is 0.321 e. The van der Waals surface area contributed by atoms with Gasteiger partial charge < -0.3 is 4.74 Å². The van der Waals surface area contributed by atoms with E-state index in [1.165, 1.54) is 109 Å². The minimum Gasteiger partial charge on any atom is -0.430 e. The summed E-state index contributed by atoms with van der Waals surface area (Å²) >= 11 is 0. The zero-order valence-corrected chi connectivity index (χ0v) is 18.4. The highest BCUT2D eigenvalue weighted by Crippen LogP contribution is 2.32. The highest BCUT2D eigenvalue weighted by molar-refractivity contribution is 5.82. The molecule has 0 saturated carbocycles. The van der Waals surface area contributed by atoms with E-state index >= 15 is 0 Å². The van der Waals surface area contributed by atoms with E-state index in [0.29, 0.717) is 0 Å². The molecule has 1 fully saturated rings. The minimum atomic E-state index is 0.0104. The Labute approximate surface area is 169 Å². The van der Waals surface area contributed by atoms with Crippen LogP contribution in [0.4, 0.5) is 0 Å². The molecule has 0 aromatic carbocycles. The number of cyclic esters (lactones) is 1. The third-order valence-electron chi connectivity index (χ3n) is 5.85. The lowest BCUT2D eigenvalue weighted by Crippen LogP contribution is -2.32. The highest BCUT2D eigenvalue weighted by atomic mass is 16.6. The van der Waals surface area contributed by atoms with Crippen molar-refractivity contribution < 1.29 is 9.53 Å². The molecule has 0 aromatic rings. The van der Waals surface area contributed by atoms with Crippen LogP contribution in [0.1, 0.15) is 136 Å². The average molecular weight is 379 g/mol. The summed E-state index contributed by atoms with van der Waals surface area (Å²) < 4.78 is 5.28. The minimum absolute atomic E-state index is 0.0104. The van der Waals surface area contributed by atoms with Crippen LogP contribution >= 0.6 is 0 Å². The van der Waals surface area contributed by atoms with Crippen LogP contribution in [0.15, 0.2) is 11.8 Å². The summed E-state index contributed by atoms with van der Waals surface area (Å²) in [4.78, 5) is 11.7. The Morgan fingerprint density at radius 3 is 1.59 bits per heavy atom. The molecular formula is C25H46O2. The van der Waals surface area contributed by atoms with Gasteiger partial charge >= 0.3 is 5.97 Å². The summed E-state index contributed by atoms with van der Waals surface area (Å²) in [6, 6.07) is 0. The van der Waals surface area contributed by atoms with Gasteiger partial charge in [-0.1, -0.05) is 117 Å². The van der Waals surface area contributed by atoms with E-state index in [1.807, 2.05) is 0 Å². The summed E-state index contributed by atoms with van der Waals surface area (Å²) in [5.74, 6) is 1.07. The van der Waals surface area contributed by atoms with Crippen LogP contribution in [-0.2, 0) is 9.53 Å². The SMILES string of the molecule is CCCCCCCCCCCC=C1OC(=O)C1CCCCCCCCCC. The molecule has 0 amide bonds. The molecule has 2 nitrogen and oxygen atoms in total. The van der Waals surface area contributed by atoms with Crippen LogP contribution in [0.25, 0.3) is 0 Å². The number of carbonyl (C=O) groups excluding carboxylic acids is 1. The van der Waals surface area contributed by atoms with Crippen molar-refractivity contribution in [3.05, 3.63) is 11.8 Å². The number of unbranched alkanes of at least 4 members (excludes halogenated alkanes) is 16. The molecule has 0 N–H and O–H groups in total. The predicted octanol–water partition coefficient (Wildman–Crippen LogP) is 8.50. The smallest absolute Gasteiger partial charge is 0.321 e. The molecule has 2 heteroatoms. The van der Waals surface area contributed by atoms with Gasteiger partial charge in [0.05, 0.1) is 0 Å². The Kier molecular flexibility index (Phi) is 15.6. The molecular weight excluding hydrogens is 332 g/mol. The second kappa shape index (κ2) is 17.3. The van der Waals surface area contributed by atoms with Crippen LogP contribution in [0.3, 0.4) is 0 Å². The van der Waals surface area contributed by atoms with Gasteiger partial charge in [-0.3, -0.25) is 4.79 Å². The summed E-state index contributed by atoms with van der Waals surface area (Å²) in [6.45, 7) is 4.53. The van der Waals surface area contributed by atoms with Crippen molar-refractivity contribution >= 4 is 5.97 Å². The van der Waals surface area contributed by atoms with Crippen LogP contribution in [0, 0.1) is 5.92 Å². The highest BCUT2D eigenvalue weighted by Gasteiger charge is 2.36. The van der Waals surface area contributed by atoms with Gasteiger partial charge in [-0.05, 0) is 25.3 Å². The van der Waals surface area contributed by atoms with Crippen LogP contribution in [0.5, 0.6) is 0 Å². The first-order chi connectivity index (χ1) is 13.3. The molecule has 158 valence electrons. The molecule has 27 heavy (non-hydrogen) atoms. The van der Waals surface area contributed by atoms with E-state index in [1.54, 1.807) is 0 Å². The molecule has 0 radical (unpaired) electrons. The topological polar surface area (TPSA) is 26.3 Å². The fourth-order valence-corrected chi connectivity index (χ4v) is 3.94. The molecule has 0 spiro atoms. The van der Waals surface area contributed by atoms with E-state index in [-0.39, 0.29) is 11.9 Å². The van der Waals surface area contributed by atoms with E-state index in [0.717, 1.165) is 18.6 Å². The summed E-state index contributed by atoms with van der Waals surface area (Å²) in [7, 11) is 0. The Bertz CT molecular complexity index is 386. The van der Waals surface area contributed by atoms with Gasteiger partial charge in [0.1, 0.15) is 11.7 Å². The molecule has 1 heterocycles. The first-order valence-electron chi connectivity index (χ1n) is 12.2. The van der Waals surface area contributed by atoms with E-state index < -0.39 is 0 Å². The molecule has 1 aliphatic heterocycles. The summed E-state index contributed by atoms with van der Waals surface area (Å²) in [5.41, 5.74) is 0. The molecule has 0 aromatic heterocycles. The van der Waals surface area contributed by atoms with Crippen molar-refractivity contribution in [3.8, 4) is 0 Å². The van der Waals surface area contributed by atoms with Gasteiger partial charge in [-0.2, -0.15) is 0 Å². The van der Waals surface area contributed by atoms with Gasteiger partial charge in [0.15, 0.2) is 0 Å². The second-order valence-corrected chi connectivity index (χ2v) is 8.46. The molecule has 0 aliphatic carbocycles. The monoisotopic (exact) mass is 378 g/mol. The number of allylic oxidation sites excluding steroid dienone is 1. The lowest BCUT2D eigenvalue weighted by Gasteiger charge is -2.28. The standard InChI is InChI=1S/C25H46O2/c1-3-5-7-9-11-13-14-16-18-20-22-24-23(25(26)27-24)21-19-17-15-12-10-8-6-4-2/h22-23H,3-21H2,1-2H3. The number of hydrogen-bond donors (Lipinski definition) is 0.